The van der Waals surface area contributed by atoms with Crippen molar-refractivity contribution in [3.63, 3.8) is 0 Å². The lowest BCUT2D eigenvalue weighted by molar-refractivity contribution is -0.151. The van der Waals surface area contributed by atoms with E-state index in [2.05, 4.69) is 15.9 Å². The van der Waals surface area contributed by atoms with Crippen LogP contribution < -0.4 is 5.73 Å². The van der Waals surface area contributed by atoms with Gasteiger partial charge in [0.2, 0.25) is 0 Å². The Morgan fingerprint density at radius 1 is 1.43 bits per heavy atom. The number of nitrogens with two attached hydrogens (primary N) is 1. The first-order valence-electron chi connectivity index (χ1n) is 7.27. The van der Waals surface area contributed by atoms with Gasteiger partial charge in [-0.15, -0.1) is 0 Å². The van der Waals surface area contributed by atoms with Crippen LogP contribution in [0.4, 0.5) is 0 Å². The van der Waals surface area contributed by atoms with Crippen molar-refractivity contribution >= 4 is 21.9 Å². The minimum atomic E-state index is -1.30. The Hall–Kier alpha value is -0.910. The molecule has 1 atom stereocenters. The monoisotopic (exact) mass is 353 g/mol. The number of halogens is 1. The fourth-order valence-corrected chi connectivity index (χ4v) is 4.51. The van der Waals surface area contributed by atoms with Crippen molar-refractivity contribution in [3.05, 3.63) is 33.8 Å². The van der Waals surface area contributed by atoms with Gasteiger partial charge in [0.25, 0.3) is 0 Å². The Bertz CT molecular complexity index is 581. The highest BCUT2D eigenvalue weighted by molar-refractivity contribution is 9.10. The minimum Gasteiger partial charge on any atom is -0.480 e. The van der Waals surface area contributed by atoms with Gasteiger partial charge in [0.05, 0.1) is 6.10 Å². The van der Waals surface area contributed by atoms with Crippen molar-refractivity contribution in [1.82, 2.24) is 0 Å². The summed E-state index contributed by atoms with van der Waals surface area (Å²) in [6, 6.07) is 5.84. The fraction of sp³-hybridized carbons (Fsp3) is 0.562. The highest BCUT2D eigenvalue weighted by Gasteiger charge is 2.60. The summed E-state index contributed by atoms with van der Waals surface area (Å²) in [5, 5.41) is 9.88. The van der Waals surface area contributed by atoms with Crippen LogP contribution in [0.3, 0.4) is 0 Å². The first kappa shape index (κ1) is 15.0. The Morgan fingerprint density at radius 3 is 2.67 bits per heavy atom. The summed E-state index contributed by atoms with van der Waals surface area (Å²) in [6.07, 6.45) is 4.30. The molecule has 2 aliphatic carbocycles. The fourth-order valence-electron chi connectivity index (χ4n) is 4.15. The van der Waals surface area contributed by atoms with Crippen LogP contribution in [0.2, 0.25) is 0 Å². The molecule has 0 bridgehead atoms. The van der Waals surface area contributed by atoms with Crippen molar-refractivity contribution in [3.8, 4) is 0 Å². The van der Waals surface area contributed by atoms with Crippen molar-refractivity contribution in [1.29, 1.82) is 0 Å². The lowest BCUT2D eigenvalue weighted by atomic mass is 9.62. The summed E-state index contributed by atoms with van der Waals surface area (Å²) in [7, 11) is 1.72. The van der Waals surface area contributed by atoms with E-state index in [0.29, 0.717) is 0 Å². The largest absolute Gasteiger partial charge is 0.480 e. The molecule has 1 saturated carbocycles. The molecule has 114 valence electrons. The number of hydrogen-bond acceptors (Lipinski definition) is 3. The van der Waals surface area contributed by atoms with E-state index >= 15 is 0 Å². The number of carboxylic acids is 1. The van der Waals surface area contributed by atoms with Gasteiger partial charge in [-0.3, -0.25) is 0 Å². The van der Waals surface area contributed by atoms with Crippen molar-refractivity contribution < 1.29 is 14.6 Å². The van der Waals surface area contributed by atoms with Gasteiger partial charge in [-0.05, 0) is 55.4 Å². The number of ether oxygens (including phenoxy) is 1. The van der Waals surface area contributed by atoms with E-state index in [4.69, 9.17) is 10.5 Å². The van der Waals surface area contributed by atoms with E-state index in [9.17, 15) is 9.90 Å². The van der Waals surface area contributed by atoms with Crippen LogP contribution >= 0.6 is 15.9 Å². The average molecular weight is 354 g/mol. The molecule has 0 aliphatic heterocycles. The zero-order chi connectivity index (χ0) is 15.3. The molecule has 1 spiro atoms. The molecule has 2 aliphatic rings. The number of benzene rings is 1. The summed E-state index contributed by atoms with van der Waals surface area (Å²) in [5.41, 5.74) is 6.66. The van der Waals surface area contributed by atoms with Crippen LogP contribution in [0.5, 0.6) is 0 Å². The third-order valence-corrected chi connectivity index (χ3v) is 5.92. The van der Waals surface area contributed by atoms with Gasteiger partial charge in [-0.25, -0.2) is 4.79 Å². The maximum Gasteiger partial charge on any atom is 0.328 e. The number of carbonyl (C=O) groups is 1. The summed E-state index contributed by atoms with van der Waals surface area (Å²) in [4.78, 5) is 12.1. The average Bonchev–Trinajstić information content (AvgIpc) is 2.71. The summed E-state index contributed by atoms with van der Waals surface area (Å²) < 4.78 is 6.30. The lowest BCUT2D eigenvalue weighted by Gasteiger charge is -2.45. The highest BCUT2D eigenvalue weighted by Crippen LogP contribution is 2.57. The molecule has 0 heterocycles. The summed E-state index contributed by atoms with van der Waals surface area (Å²) in [5.74, 6) is -0.921. The van der Waals surface area contributed by atoms with Gasteiger partial charge in [0.1, 0.15) is 5.54 Å². The van der Waals surface area contributed by atoms with Crippen molar-refractivity contribution in [2.45, 2.75) is 43.7 Å². The molecule has 3 rings (SSSR count). The molecule has 5 heteroatoms. The maximum atomic E-state index is 12.1. The molecule has 1 unspecified atom stereocenters. The van der Waals surface area contributed by atoms with Crippen LogP contribution in [0.1, 0.15) is 36.8 Å². The van der Waals surface area contributed by atoms with E-state index in [1.807, 2.05) is 18.2 Å². The van der Waals surface area contributed by atoms with E-state index in [1.54, 1.807) is 7.11 Å². The number of fused-ring (bicyclic) bond motifs is 1. The SMILES string of the molecule is COC1CCC2(CC1)Cc1ccc(Br)cc1C2(N)C(=O)O. The molecule has 1 aromatic carbocycles. The number of carboxylic acid groups (broad SMARTS) is 1. The maximum absolute atomic E-state index is 12.1. The standard InChI is InChI=1S/C16H20BrNO3/c1-21-12-4-6-15(7-5-12)9-10-2-3-11(17)8-13(10)16(15,18)14(19)20/h2-3,8,12H,4-7,9,18H2,1H3,(H,19,20). The zero-order valence-corrected chi connectivity index (χ0v) is 13.6. The van der Waals surface area contributed by atoms with E-state index in [-0.39, 0.29) is 6.10 Å². The molecular weight excluding hydrogens is 334 g/mol. The highest BCUT2D eigenvalue weighted by atomic mass is 79.9. The second-order valence-electron chi connectivity index (χ2n) is 6.31. The quantitative estimate of drug-likeness (QED) is 0.857. The van der Waals surface area contributed by atoms with Gasteiger partial charge < -0.3 is 15.6 Å². The molecule has 3 N–H and O–H groups in total. The Balaban J connectivity index is 2.06. The first-order chi connectivity index (χ1) is 9.93. The molecule has 4 nitrogen and oxygen atoms in total. The van der Waals surface area contributed by atoms with Crippen LogP contribution in [-0.4, -0.2) is 24.3 Å². The van der Waals surface area contributed by atoms with Crippen molar-refractivity contribution in [2.24, 2.45) is 11.1 Å². The Morgan fingerprint density at radius 2 is 2.10 bits per heavy atom. The smallest absolute Gasteiger partial charge is 0.328 e. The lowest BCUT2D eigenvalue weighted by Crippen LogP contribution is -2.57. The second kappa shape index (κ2) is 5.07. The molecule has 1 fully saturated rings. The topological polar surface area (TPSA) is 72.5 Å². The van der Waals surface area contributed by atoms with E-state index in [0.717, 1.165) is 47.7 Å². The number of hydrogen-bond donors (Lipinski definition) is 2. The van der Waals surface area contributed by atoms with Gasteiger partial charge >= 0.3 is 5.97 Å². The molecule has 0 radical (unpaired) electrons. The predicted octanol–water partition coefficient (Wildman–Crippen LogP) is 2.82. The predicted molar refractivity (Wildman–Crippen MR) is 83.0 cm³/mol. The van der Waals surface area contributed by atoms with E-state index in [1.165, 1.54) is 0 Å². The molecular formula is C16H20BrNO3. The van der Waals surface area contributed by atoms with Gasteiger partial charge in [-0.1, -0.05) is 22.0 Å². The van der Waals surface area contributed by atoms with E-state index < -0.39 is 16.9 Å². The summed E-state index contributed by atoms with van der Waals surface area (Å²) in [6.45, 7) is 0. The molecule has 0 saturated heterocycles. The Labute approximate surface area is 132 Å². The first-order valence-corrected chi connectivity index (χ1v) is 8.06. The van der Waals surface area contributed by atoms with Crippen LogP contribution in [0.25, 0.3) is 0 Å². The summed E-state index contributed by atoms with van der Waals surface area (Å²) >= 11 is 3.43. The van der Waals surface area contributed by atoms with Gasteiger partial charge in [0.15, 0.2) is 0 Å². The van der Waals surface area contributed by atoms with Crippen LogP contribution in [0.15, 0.2) is 22.7 Å². The number of rotatable bonds is 2. The van der Waals surface area contributed by atoms with Crippen LogP contribution in [0, 0.1) is 5.41 Å². The van der Waals surface area contributed by atoms with Gasteiger partial charge in [-0.2, -0.15) is 0 Å². The minimum absolute atomic E-state index is 0.226. The second-order valence-corrected chi connectivity index (χ2v) is 7.22. The molecule has 21 heavy (non-hydrogen) atoms. The van der Waals surface area contributed by atoms with Crippen molar-refractivity contribution in [2.75, 3.05) is 7.11 Å². The van der Waals surface area contributed by atoms with Crippen LogP contribution in [-0.2, 0) is 21.5 Å². The molecule has 0 amide bonds. The zero-order valence-electron chi connectivity index (χ0n) is 12.1. The van der Waals surface area contributed by atoms with Gasteiger partial charge in [0, 0.05) is 17.0 Å². The molecule has 1 aromatic rings. The number of aliphatic carboxylic acids is 1. The Kier molecular flexibility index (Phi) is 3.62. The normalized spacial score (nSPS) is 34.9. The third-order valence-electron chi connectivity index (χ3n) is 5.42. The molecule has 0 aromatic heterocycles. The number of methoxy groups -OCH3 is 1. The third kappa shape index (κ3) is 2.05.